The third-order valence-corrected chi connectivity index (χ3v) is 4.84. The van der Waals surface area contributed by atoms with Gasteiger partial charge in [-0.2, -0.15) is 11.8 Å². The standard InChI is InChI=1S/C13H17ClFNS/c1-16-13(10-4-5-17-8-10)7-9-2-3-11(14)12(15)6-9/h2-3,6,10,13,16H,4-5,7-8H2,1H3. The number of likely N-dealkylation sites (N-methyl/N-ethyl adjacent to an activating group) is 1. The third kappa shape index (κ3) is 3.36. The lowest BCUT2D eigenvalue weighted by Gasteiger charge is -2.22. The molecule has 2 atom stereocenters. The van der Waals surface area contributed by atoms with Gasteiger partial charge in [0.1, 0.15) is 5.82 Å². The molecule has 1 aliphatic heterocycles. The maximum atomic E-state index is 13.4. The van der Waals surface area contributed by atoms with E-state index in [2.05, 4.69) is 5.32 Å². The average molecular weight is 274 g/mol. The molecule has 1 heterocycles. The van der Waals surface area contributed by atoms with Crippen LogP contribution >= 0.6 is 23.4 Å². The fourth-order valence-corrected chi connectivity index (χ4v) is 3.75. The minimum Gasteiger partial charge on any atom is -0.316 e. The molecule has 2 rings (SSSR count). The zero-order chi connectivity index (χ0) is 12.3. The summed E-state index contributed by atoms with van der Waals surface area (Å²) in [7, 11) is 1.99. The highest BCUT2D eigenvalue weighted by atomic mass is 35.5. The van der Waals surface area contributed by atoms with Gasteiger partial charge in [-0.3, -0.25) is 0 Å². The van der Waals surface area contributed by atoms with Gasteiger partial charge in [0, 0.05) is 6.04 Å². The van der Waals surface area contributed by atoms with Gasteiger partial charge in [-0.1, -0.05) is 17.7 Å². The predicted octanol–water partition coefficient (Wildman–Crippen LogP) is 3.36. The summed E-state index contributed by atoms with van der Waals surface area (Å²) in [4.78, 5) is 0. The summed E-state index contributed by atoms with van der Waals surface area (Å²) >= 11 is 7.69. The highest BCUT2D eigenvalue weighted by Gasteiger charge is 2.24. The highest BCUT2D eigenvalue weighted by molar-refractivity contribution is 7.99. The van der Waals surface area contributed by atoms with Gasteiger partial charge in [-0.25, -0.2) is 4.39 Å². The van der Waals surface area contributed by atoms with Crippen LogP contribution in [0.15, 0.2) is 18.2 Å². The molecule has 0 radical (unpaired) electrons. The summed E-state index contributed by atoms with van der Waals surface area (Å²) in [5, 5.41) is 3.56. The van der Waals surface area contributed by atoms with Gasteiger partial charge in [-0.05, 0) is 55.0 Å². The van der Waals surface area contributed by atoms with E-state index in [1.54, 1.807) is 12.1 Å². The number of hydrogen-bond acceptors (Lipinski definition) is 2. The van der Waals surface area contributed by atoms with E-state index < -0.39 is 0 Å². The van der Waals surface area contributed by atoms with Crippen molar-refractivity contribution in [1.29, 1.82) is 0 Å². The van der Waals surface area contributed by atoms with Crippen LogP contribution in [0.2, 0.25) is 5.02 Å². The lowest BCUT2D eigenvalue weighted by molar-refractivity contribution is 0.403. The first kappa shape index (κ1) is 13.2. The van der Waals surface area contributed by atoms with Gasteiger partial charge in [0.15, 0.2) is 0 Å². The van der Waals surface area contributed by atoms with E-state index in [4.69, 9.17) is 11.6 Å². The largest absolute Gasteiger partial charge is 0.316 e. The van der Waals surface area contributed by atoms with Crippen LogP contribution in [0.5, 0.6) is 0 Å². The Balaban J connectivity index is 2.04. The lowest BCUT2D eigenvalue weighted by atomic mass is 9.93. The normalized spacial score (nSPS) is 21.7. The molecular weight excluding hydrogens is 257 g/mol. The molecule has 0 amide bonds. The van der Waals surface area contributed by atoms with Crippen molar-refractivity contribution in [1.82, 2.24) is 5.32 Å². The second kappa shape index (κ2) is 6.07. The van der Waals surface area contributed by atoms with Crippen LogP contribution in [0.1, 0.15) is 12.0 Å². The van der Waals surface area contributed by atoms with Crippen molar-refractivity contribution in [3.8, 4) is 0 Å². The van der Waals surface area contributed by atoms with Crippen LogP contribution in [0, 0.1) is 11.7 Å². The Kier molecular flexibility index (Phi) is 4.71. The third-order valence-electron chi connectivity index (χ3n) is 3.34. The van der Waals surface area contributed by atoms with Crippen molar-refractivity contribution in [2.45, 2.75) is 18.9 Å². The summed E-state index contributed by atoms with van der Waals surface area (Å²) in [5.41, 5.74) is 1.02. The summed E-state index contributed by atoms with van der Waals surface area (Å²) in [6.07, 6.45) is 2.13. The van der Waals surface area contributed by atoms with Gasteiger partial charge in [-0.15, -0.1) is 0 Å². The highest BCUT2D eigenvalue weighted by Crippen LogP contribution is 2.28. The molecular formula is C13H17ClFNS. The molecule has 0 saturated carbocycles. The lowest BCUT2D eigenvalue weighted by Crippen LogP contribution is -2.35. The SMILES string of the molecule is CNC(Cc1ccc(Cl)c(F)c1)C1CCSC1. The average Bonchev–Trinajstić information content (AvgIpc) is 2.84. The van der Waals surface area contributed by atoms with Gasteiger partial charge in [0.2, 0.25) is 0 Å². The Bertz CT molecular complexity index is 380. The molecule has 0 aliphatic carbocycles. The van der Waals surface area contributed by atoms with Crippen LogP contribution in [0.25, 0.3) is 0 Å². The summed E-state index contributed by atoms with van der Waals surface area (Å²) in [5.74, 6) is 2.84. The number of benzene rings is 1. The van der Waals surface area contributed by atoms with Crippen molar-refractivity contribution < 1.29 is 4.39 Å². The van der Waals surface area contributed by atoms with Crippen molar-refractivity contribution >= 4 is 23.4 Å². The van der Waals surface area contributed by atoms with Crippen molar-refractivity contribution in [2.75, 3.05) is 18.6 Å². The maximum absolute atomic E-state index is 13.4. The summed E-state index contributed by atoms with van der Waals surface area (Å²) in [6, 6.07) is 5.54. The van der Waals surface area contributed by atoms with E-state index in [-0.39, 0.29) is 10.8 Å². The fraction of sp³-hybridized carbons (Fsp3) is 0.538. The second-order valence-electron chi connectivity index (χ2n) is 4.47. The van der Waals surface area contributed by atoms with E-state index in [1.165, 1.54) is 17.9 Å². The van der Waals surface area contributed by atoms with Crippen LogP contribution in [-0.2, 0) is 6.42 Å². The van der Waals surface area contributed by atoms with Crippen molar-refractivity contribution in [3.63, 3.8) is 0 Å². The molecule has 94 valence electrons. The summed E-state index contributed by atoms with van der Waals surface area (Å²) in [6.45, 7) is 0. The molecule has 0 spiro atoms. The fourth-order valence-electron chi connectivity index (χ4n) is 2.30. The van der Waals surface area contributed by atoms with E-state index >= 15 is 0 Å². The topological polar surface area (TPSA) is 12.0 Å². The Morgan fingerprint density at radius 1 is 1.59 bits per heavy atom. The number of rotatable bonds is 4. The molecule has 4 heteroatoms. The second-order valence-corrected chi connectivity index (χ2v) is 6.03. The monoisotopic (exact) mass is 273 g/mol. The quantitative estimate of drug-likeness (QED) is 0.903. The molecule has 1 aliphatic rings. The predicted molar refractivity (Wildman–Crippen MR) is 73.4 cm³/mol. The van der Waals surface area contributed by atoms with Crippen LogP contribution < -0.4 is 5.32 Å². The minimum atomic E-state index is -0.320. The molecule has 0 aromatic heterocycles. The van der Waals surface area contributed by atoms with Crippen LogP contribution in [0.3, 0.4) is 0 Å². The van der Waals surface area contributed by atoms with Gasteiger partial charge in [0.25, 0.3) is 0 Å². The van der Waals surface area contributed by atoms with Gasteiger partial charge >= 0.3 is 0 Å². The van der Waals surface area contributed by atoms with Crippen molar-refractivity contribution in [3.05, 3.63) is 34.6 Å². The van der Waals surface area contributed by atoms with Crippen LogP contribution in [-0.4, -0.2) is 24.6 Å². The Morgan fingerprint density at radius 2 is 2.41 bits per heavy atom. The first-order chi connectivity index (χ1) is 8.20. The molecule has 1 aromatic carbocycles. The number of halogens is 2. The van der Waals surface area contributed by atoms with E-state index in [1.807, 2.05) is 24.9 Å². The van der Waals surface area contributed by atoms with Gasteiger partial charge < -0.3 is 5.32 Å². The zero-order valence-corrected chi connectivity index (χ0v) is 11.5. The molecule has 1 aromatic rings. The Labute approximate surface area is 111 Å². The van der Waals surface area contributed by atoms with Gasteiger partial charge in [0.05, 0.1) is 5.02 Å². The molecule has 1 fully saturated rings. The molecule has 17 heavy (non-hydrogen) atoms. The molecule has 0 bridgehead atoms. The van der Waals surface area contributed by atoms with E-state index in [0.717, 1.165) is 12.0 Å². The molecule has 1 saturated heterocycles. The van der Waals surface area contributed by atoms with E-state index in [0.29, 0.717) is 12.0 Å². The van der Waals surface area contributed by atoms with E-state index in [9.17, 15) is 4.39 Å². The first-order valence-corrected chi connectivity index (χ1v) is 7.43. The number of nitrogens with one attached hydrogen (secondary N) is 1. The Hall–Kier alpha value is -0.250. The van der Waals surface area contributed by atoms with Crippen molar-refractivity contribution in [2.24, 2.45) is 5.92 Å². The molecule has 2 unspecified atom stereocenters. The smallest absolute Gasteiger partial charge is 0.142 e. The minimum absolute atomic E-state index is 0.200. The number of hydrogen-bond donors (Lipinski definition) is 1. The molecule has 1 N–H and O–H groups in total. The first-order valence-electron chi connectivity index (χ1n) is 5.89. The molecule has 1 nitrogen and oxygen atoms in total. The summed E-state index contributed by atoms with van der Waals surface area (Å²) < 4.78 is 13.4. The number of thioether (sulfide) groups is 1. The van der Waals surface area contributed by atoms with Crippen LogP contribution in [0.4, 0.5) is 4.39 Å². The zero-order valence-electron chi connectivity index (χ0n) is 9.88. The Morgan fingerprint density at radius 3 is 3.00 bits per heavy atom. The maximum Gasteiger partial charge on any atom is 0.142 e.